The Bertz CT molecular complexity index is 415. The first kappa shape index (κ1) is 11.6. The fourth-order valence-corrected chi connectivity index (χ4v) is 1.46. The van der Waals surface area contributed by atoms with E-state index in [2.05, 4.69) is 4.74 Å². The molecule has 0 spiro atoms. The number of fused-ring (bicyclic) bond motifs is 1. The zero-order valence-corrected chi connectivity index (χ0v) is 9.76. The highest BCUT2D eigenvalue weighted by Crippen LogP contribution is 2.35. The average Bonchev–Trinajstić information content (AvgIpc) is 2.82. The highest BCUT2D eigenvalue weighted by molar-refractivity contribution is 5.71. The van der Waals surface area contributed by atoms with Crippen molar-refractivity contribution in [3.63, 3.8) is 0 Å². The van der Waals surface area contributed by atoms with E-state index < -0.39 is 0 Å². The van der Waals surface area contributed by atoms with E-state index in [1.807, 2.05) is 0 Å². The summed E-state index contributed by atoms with van der Waals surface area (Å²) >= 11 is 0. The fourth-order valence-electron chi connectivity index (χ4n) is 1.46. The molecular weight excluding hydrogens is 224 g/mol. The first-order valence-corrected chi connectivity index (χ1v) is 5.31. The summed E-state index contributed by atoms with van der Waals surface area (Å²) in [5.41, 5.74) is 0. The molecule has 0 bridgehead atoms. The number of esters is 1. The molecule has 0 saturated heterocycles. The molecular formula is C12H14O5. The molecule has 0 aliphatic carbocycles. The fraction of sp³-hybridized carbons (Fsp3) is 0.417. The predicted molar refractivity (Wildman–Crippen MR) is 59.2 cm³/mol. The van der Waals surface area contributed by atoms with Crippen LogP contribution < -0.4 is 14.2 Å². The Hall–Kier alpha value is -1.91. The second-order valence-corrected chi connectivity index (χ2v) is 3.75. The topological polar surface area (TPSA) is 54.0 Å². The van der Waals surface area contributed by atoms with E-state index in [-0.39, 0.29) is 25.3 Å². The summed E-state index contributed by atoms with van der Waals surface area (Å²) in [5, 5.41) is 0. The number of rotatable bonds is 4. The molecule has 1 aliphatic heterocycles. The quantitative estimate of drug-likeness (QED) is 0.746. The Labute approximate surface area is 99.2 Å². The van der Waals surface area contributed by atoms with Gasteiger partial charge in [0.1, 0.15) is 12.4 Å². The van der Waals surface area contributed by atoms with Gasteiger partial charge in [-0.1, -0.05) is 0 Å². The third-order valence-electron chi connectivity index (χ3n) is 2.45. The van der Waals surface area contributed by atoms with E-state index in [9.17, 15) is 4.79 Å². The molecule has 1 aromatic rings. The SMILES string of the molecule is COC(=O)C(C)COc1ccc2c(c1)OCO2. The molecule has 1 unspecified atom stereocenters. The molecule has 92 valence electrons. The maximum Gasteiger partial charge on any atom is 0.311 e. The number of methoxy groups -OCH3 is 1. The highest BCUT2D eigenvalue weighted by atomic mass is 16.7. The van der Waals surface area contributed by atoms with Gasteiger partial charge in [-0.15, -0.1) is 0 Å². The number of benzene rings is 1. The van der Waals surface area contributed by atoms with E-state index in [0.29, 0.717) is 17.2 Å². The van der Waals surface area contributed by atoms with Gasteiger partial charge in [0.15, 0.2) is 11.5 Å². The Kier molecular flexibility index (Phi) is 3.37. The zero-order chi connectivity index (χ0) is 12.3. The van der Waals surface area contributed by atoms with Crippen LogP contribution in [0.5, 0.6) is 17.2 Å². The monoisotopic (exact) mass is 238 g/mol. The average molecular weight is 238 g/mol. The Balaban J connectivity index is 1.93. The molecule has 1 aliphatic rings. The summed E-state index contributed by atoms with van der Waals surface area (Å²) in [6, 6.07) is 5.30. The van der Waals surface area contributed by atoms with Gasteiger partial charge in [0.05, 0.1) is 13.0 Å². The third-order valence-corrected chi connectivity index (χ3v) is 2.45. The predicted octanol–water partition coefficient (Wildman–Crippen LogP) is 1.60. The van der Waals surface area contributed by atoms with Crippen LogP contribution in [-0.4, -0.2) is 26.5 Å². The van der Waals surface area contributed by atoms with Crippen molar-refractivity contribution in [1.29, 1.82) is 0 Å². The van der Waals surface area contributed by atoms with Gasteiger partial charge in [-0.2, -0.15) is 0 Å². The van der Waals surface area contributed by atoms with Gasteiger partial charge >= 0.3 is 5.97 Å². The van der Waals surface area contributed by atoms with Gasteiger partial charge in [-0.25, -0.2) is 0 Å². The van der Waals surface area contributed by atoms with Crippen molar-refractivity contribution in [2.45, 2.75) is 6.92 Å². The molecule has 2 rings (SSSR count). The van der Waals surface area contributed by atoms with Gasteiger partial charge in [-0.3, -0.25) is 4.79 Å². The minimum absolute atomic E-state index is 0.233. The van der Waals surface area contributed by atoms with Crippen molar-refractivity contribution in [2.24, 2.45) is 5.92 Å². The standard InChI is InChI=1S/C12H14O5/c1-8(12(13)14-2)6-15-9-3-4-10-11(5-9)17-7-16-10/h3-5,8H,6-7H2,1-2H3. The van der Waals surface area contributed by atoms with Gasteiger partial charge < -0.3 is 18.9 Å². The summed E-state index contributed by atoms with van der Waals surface area (Å²) in [6.45, 7) is 2.25. The van der Waals surface area contributed by atoms with Crippen LogP contribution in [0.4, 0.5) is 0 Å². The van der Waals surface area contributed by atoms with Gasteiger partial charge in [0, 0.05) is 6.07 Å². The molecule has 0 amide bonds. The molecule has 0 fully saturated rings. The number of carbonyl (C=O) groups excluding carboxylic acids is 1. The largest absolute Gasteiger partial charge is 0.493 e. The maximum atomic E-state index is 11.2. The number of ether oxygens (including phenoxy) is 4. The molecule has 1 aromatic carbocycles. The van der Waals surface area contributed by atoms with Crippen LogP contribution in [0, 0.1) is 5.92 Å². The van der Waals surface area contributed by atoms with E-state index in [0.717, 1.165) is 0 Å². The molecule has 0 N–H and O–H groups in total. The van der Waals surface area contributed by atoms with Crippen LogP contribution in [0.3, 0.4) is 0 Å². The first-order valence-electron chi connectivity index (χ1n) is 5.31. The van der Waals surface area contributed by atoms with Crippen molar-refractivity contribution >= 4 is 5.97 Å². The van der Waals surface area contributed by atoms with Crippen LogP contribution in [0.25, 0.3) is 0 Å². The van der Waals surface area contributed by atoms with Gasteiger partial charge in [0.2, 0.25) is 6.79 Å². The molecule has 5 heteroatoms. The summed E-state index contributed by atoms with van der Waals surface area (Å²) in [5.74, 6) is 1.42. The molecule has 1 atom stereocenters. The molecule has 1 heterocycles. The molecule has 5 nitrogen and oxygen atoms in total. The maximum absolute atomic E-state index is 11.2. The van der Waals surface area contributed by atoms with E-state index in [1.54, 1.807) is 25.1 Å². The van der Waals surface area contributed by atoms with Crippen LogP contribution in [0.15, 0.2) is 18.2 Å². The lowest BCUT2D eigenvalue weighted by molar-refractivity contribution is -0.145. The first-order chi connectivity index (χ1) is 8.20. The van der Waals surface area contributed by atoms with Crippen LogP contribution in [0.2, 0.25) is 0 Å². The van der Waals surface area contributed by atoms with Crippen LogP contribution >= 0.6 is 0 Å². The van der Waals surface area contributed by atoms with Crippen molar-refractivity contribution in [3.05, 3.63) is 18.2 Å². The van der Waals surface area contributed by atoms with Gasteiger partial charge in [0.25, 0.3) is 0 Å². The van der Waals surface area contributed by atoms with Crippen LogP contribution in [0.1, 0.15) is 6.92 Å². The van der Waals surface area contributed by atoms with Crippen LogP contribution in [-0.2, 0) is 9.53 Å². The number of hydrogen-bond donors (Lipinski definition) is 0. The van der Waals surface area contributed by atoms with Crippen molar-refractivity contribution in [2.75, 3.05) is 20.5 Å². The molecule has 17 heavy (non-hydrogen) atoms. The van der Waals surface area contributed by atoms with Crippen molar-refractivity contribution in [3.8, 4) is 17.2 Å². The number of hydrogen-bond acceptors (Lipinski definition) is 5. The van der Waals surface area contributed by atoms with Crippen molar-refractivity contribution < 1.29 is 23.7 Å². The molecule has 0 aromatic heterocycles. The smallest absolute Gasteiger partial charge is 0.311 e. The Morgan fingerprint density at radius 3 is 2.94 bits per heavy atom. The summed E-state index contributed by atoms with van der Waals surface area (Å²) in [4.78, 5) is 11.2. The van der Waals surface area contributed by atoms with Crippen molar-refractivity contribution in [1.82, 2.24) is 0 Å². The summed E-state index contributed by atoms with van der Waals surface area (Å²) in [6.07, 6.45) is 0. The minimum atomic E-state index is -0.301. The second-order valence-electron chi connectivity index (χ2n) is 3.75. The third kappa shape index (κ3) is 2.61. The Morgan fingerprint density at radius 1 is 1.41 bits per heavy atom. The zero-order valence-electron chi connectivity index (χ0n) is 9.76. The van der Waals surface area contributed by atoms with Gasteiger partial charge in [-0.05, 0) is 19.1 Å². The normalized spacial score (nSPS) is 14.2. The Morgan fingerprint density at radius 2 is 2.18 bits per heavy atom. The molecule has 0 saturated carbocycles. The van der Waals surface area contributed by atoms with E-state index >= 15 is 0 Å². The highest BCUT2D eigenvalue weighted by Gasteiger charge is 2.16. The summed E-state index contributed by atoms with van der Waals surface area (Å²) in [7, 11) is 1.36. The van der Waals surface area contributed by atoms with E-state index in [1.165, 1.54) is 7.11 Å². The lowest BCUT2D eigenvalue weighted by atomic mass is 10.2. The van der Waals surface area contributed by atoms with E-state index in [4.69, 9.17) is 14.2 Å². The number of carbonyl (C=O) groups is 1. The lowest BCUT2D eigenvalue weighted by Crippen LogP contribution is -2.19. The molecule has 0 radical (unpaired) electrons. The lowest BCUT2D eigenvalue weighted by Gasteiger charge is -2.11. The second kappa shape index (κ2) is 4.95. The minimum Gasteiger partial charge on any atom is -0.493 e. The summed E-state index contributed by atoms with van der Waals surface area (Å²) < 4.78 is 20.5.